The number of ether oxygens (including phenoxy) is 1. The highest BCUT2D eigenvalue weighted by atomic mass is 32.1. The number of nitrogens with zero attached hydrogens (tertiary/aromatic N) is 5. The van der Waals surface area contributed by atoms with Crippen LogP contribution in [0.4, 0.5) is 5.95 Å². The largest absolute Gasteiger partial charge is 0.378 e. The van der Waals surface area contributed by atoms with Gasteiger partial charge in [-0.15, -0.1) is 16.4 Å². The van der Waals surface area contributed by atoms with Crippen LogP contribution in [0.15, 0.2) is 30.3 Å². The van der Waals surface area contributed by atoms with E-state index in [9.17, 15) is 0 Å². The molecule has 0 saturated carbocycles. The molecule has 1 aromatic carbocycles. The van der Waals surface area contributed by atoms with E-state index in [-0.39, 0.29) is 0 Å². The molecule has 0 atom stereocenters. The van der Waals surface area contributed by atoms with Crippen LogP contribution in [-0.2, 0) is 11.2 Å². The molecular formula is C20H21N5OS. The number of thiophene rings is 1. The van der Waals surface area contributed by atoms with Crippen LogP contribution in [0.5, 0.6) is 0 Å². The molecule has 0 aliphatic carbocycles. The average molecular weight is 379 g/mol. The third-order valence-corrected chi connectivity index (χ3v) is 6.23. The predicted molar refractivity (Wildman–Crippen MR) is 108 cm³/mol. The average Bonchev–Trinajstić information content (AvgIpc) is 3.23. The van der Waals surface area contributed by atoms with Gasteiger partial charge in [-0.25, -0.2) is 9.97 Å². The normalized spacial score (nSPS) is 15.1. The van der Waals surface area contributed by atoms with Gasteiger partial charge in [-0.2, -0.15) is 4.52 Å². The van der Waals surface area contributed by atoms with E-state index < -0.39 is 0 Å². The monoisotopic (exact) mass is 379 g/mol. The molecule has 0 bridgehead atoms. The SMILES string of the molecule is Cc1sc2nc(N3CCOCC3)n3nc(Cc4ccccc4)nc3c2c1C. The number of hydrogen-bond donors (Lipinski definition) is 0. The third kappa shape index (κ3) is 2.87. The van der Waals surface area contributed by atoms with E-state index in [1.54, 1.807) is 11.3 Å². The number of benzene rings is 1. The fraction of sp³-hybridized carbons (Fsp3) is 0.350. The molecule has 0 N–H and O–H groups in total. The van der Waals surface area contributed by atoms with Gasteiger partial charge in [0.2, 0.25) is 5.95 Å². The van der Waals surface area contributed by atoms with E-state index in [0.717, 1.165) is 53.9 Å². The van der Waals surface area contributed by atoms with Crippen molar-refractivity contribution in [3.8, 4) is 0 Å². The summed E-state index contributed by atoms with van der Waals surface area (Å²) in [4.78, 5) is 14.5. The molecule has 5 rings (SSSR count). The van der Waals surface area contributed by atoms with Crippen LogP contribution in [0.25, 0.3) is 15.9 Å². The second-order valence-corrected chi connectivity index (χ2v) is 8.10. The number of anilines is 1. The zero-order valence-corrected chi connectivity index (χ0v) is 16.3. The Morgan fingerprint density at radius 1 is 1.07 bits per heavy atom. The van der Waals surface area contributed by atoms with Gasteiger partial charge >= 0.3 is 0 Å². The van der Waals surface area contributed by atoms with Crippen LogP contribution >= 0.6 is 11.3 Å². The Morgan fingerprint density at radius 3 is 2.63 bits per heavy atom. The van der Waals surface area contributed by atoms with E-state index in [1.807, 2.05) is 10.6 Å². The molecule has 1 aliphatic rings. The molecule has 1 saturated heterocycles. The Kier molecular flexibility index (Phi) is 4.06. The Bertz CT molecular complexity index is 1110. The first kappa shape index (κ1) is 16.6. The summed E-state index contributed by atoms with van der Waals surface area (Å²) in [5.74, 6) is 1.70. The van der Waals surface area contributed by atoms with Crippen LogP contribution in [0, 0.1) is 13.8 Å². The van der Waals surface area contributed by atoms with E-state index in [4.69, 9.17) is 19.8 Å². The van der Waals surface area contributed by atoms with Crippen molar-refractivity contribution in [3.05, 3.63) is 52.2 Å². The van der Waals surface area contributed by atoms with Crippen LogP contribution in [-0.4, -0.2) is 45.9 Å². The summed E-state index contributed by atoms with van der Waals surface area (Å²) in [5.41, 5.74) is 3.37. The Balaban J connectivity index is 1.70. The summed E-state index contributed by atoms with van der Waals surface area (Å²) in [7, 11) is 0. The van der Waals surface area contributed by atoms with Crippen molar-refractivity contribution in [2.75, 3.05) is 31.2 Å². The Hall–Kier alpha value is -2.51. The Morgan fingerprint density at radius 2 is 1.85 bits per heavy atom. The van der Waals surface area contributed by atoms with Crippen LogP contribution in [0.1, 0.15) is 21.8 Å². The van der Waals surface area contributed by atoms with Crippen molar-refractivity contribution in [2.24, 2.45) is 0 Å². The topological polar surface area (TPSA) is 55.6 Å². The number of aromatic nitrogens is 4. The van der Waals surface area contributed by atoms with Crippen molar-refractivity contribution in [3.63, 3.8) is 0 Å². The molecule has 0 radical (unpaired) electrons. The Labute approximate surface area is 161 Å². The number of hydrogen-bond acceptors (Lipinski definition) is 6. The highest BCUT2D eigenvalue weighted by molar-refractivity contribution is 7.18. The predicted octanol–water partition coefficient (Wildman–Crippen LogP) is 3.38. The lowest BCUT2D eigenvalue weighted by Crippen LogP contribution is -2.38. The minimum absolute atomic E-state index is 0.717. The van der Waals surface area contributed by atoms with E-state index in [2.05, 4.69) is 43.0 Å². The van der Waals surface area contributed by atoms with Gasteiger partial charge in [-0.05, 0) is 25.0 Å². The van der Waals surface area contributed by atoms with Gasteiger partial charge in [0.25, 0.3) is 0 Å². The third-order valence-electron chi connectivity index (χ3n) is 5.13. The van der Waals surface area contributed by atoms with Crippen molar-refractivity contribution in [1.82, 2.24) is 19.6 Å². The van der Waals surface area contributed by atoms with Gasteiger partial charge in [0, 0.05) is 24.4 Å². The van der Waals surface area contributed by atoms with E-state index in [1.165, 1.54) is 16.0 Å². The minimum atomic E-state index is 0.717. The summed E-state index contributed by atoms with van der Waals surface area (Å²) in [6.45, 7) is 7.38. The number of rotatable bonds is 3. The van der Waals surface area contributed by atoms with Crippen molar-refractivity contribution in [1.29, 1.82) is 0 Å². The fourth-order valence-corrected chi connectivity index (χ4v) is 4.59. The summed E-state index contributed by atoms with van der Waals surface area (Å²) in [5, 5.41) is 5.98. The van der Waals surface area contributed by atoms with Gasteiger partial charge in [0.15, 0.2) is 11.5 Å². The van der Waals surface area contributed by atoms with Gasteiger partial charge in [-0.3, -0.25) is 0 Å². The fourth-order valence-electron chi connectivity index (χ4n) is 3.57. The minimum Gasteiger partial charge on any atom is -0.378 e. The zero-order chi connectivity index (χ0) is 18.4. The smallest absolute Gasteiger partial charge is 0.230 e. The second-order valence-electron chi connectivity index (χ2n) is 6.90. The molecule has 138 valence electrons. The van der Waals surface area contributed by atoms with Crippen LogP contribution in [0.2, 0.25) is 0 Å². The maximum absolute atomic E-state index is 5.52. The van der Waals surface area contributed by atoms with Gasteiger partial charge in [-0.1, -0.05) is 30.3 Å². The zero-order valence-electron chi connectivity index (χ0n) is 15.5. The molecule has 3 aromatic heterocycles. The molecule has 0 spiro atoms. The standard InChI is InChI=1S/C20H21N5OS/c1-13-14(2)27-19-17(13)18-21-16(12-15-6-4-3-5-7-15)23-25(18)20(22-19)24-8-10-26-11-9-24/h3-7H,8-12H2,1-2H3. The maximum atomic E-state index is 5.52. The molecule has 0 unspecified atom stereocenters. The van der Waals surface area contributed by atoms with E-state index >= 15 is 0 Å². The summed E-state index contributed by atoms with van der Waals surface area (Å²) >= 11 is 1.73. The lowest BCUT2D eigenvalue weighted by atomic mass is 10.1. The highest BCUT2D eigenvalue weighted by Gasteiger charge is 2.22. The molecule has 4 aromatic rings. The second kappa shape index (κ2) is 6.58. The molecule has 27 heavy (non-hydrogen) atoms. The molecule has 6 nitrogen and oxygen atoms in total. The first-order chi connectivity index (χ1) is 13.2. The van der Waals surface area contributed by atoms with Crippen molar-refractivity contribution < 1.29 is 4.74 Å². The van der Waals surface area contributed by atoms with Gasteiger partial charge in [0.1, 0.15) is 4.83 Å². The van der Waals surface area contributed by atoms with Crippen molar-refractivity contribution in [2.45, 2.75) is 20.3 Å². The molecule has 1 aliphatic heterocycles. The maximum Gasteiger partial charge on any atom is 0.230 e. The molecule has 4 heterocycles. The van der Waals surface area contributed by atoms with Crippen LogP contribution in [0.3, 0.4) is 0 Å². The van der Waals surface area contributed by atoms with Crippen molar-refractivity contribution >= 4 is 33.1 Å². The number of aryl methyl sites for hydroxylation is 2. The molecule has 0 amide bonds. The lowest BCUT2D eigenvalue weighted by Gasteiger charge is -2.27. The molecular weight excluding hydrogens is 358 g/mol. The van der Waals surface area contributed by atoms with Crippen LogP contribution < -0.4 is 4.90 Å². The van der Waals surface area contributed by atoms with E-state index in [0.29, 0.717) is 6.42 Å². The summed E-state index contributed by atoms with van der Waals surface area (Å²) in [6.07, 6.45) is 0.717. The number of morpholine rings is 1. The summed E-state index contributed by atoms with van der Waals surface area (Å²) < 4.78 is 7.45. The quantitative estimate of drug-likeness (QED) is 0.546. The first-order valence-corrected chi connectivity index (χ1v) is 10.0. The first-order valence-electron chi connectivity index (χ1n) is 9.22. The molecule has 7 heteroatoms. The van der Waals surface area contributed by atoms with Gasteiger partial charge < -0.3 is 9.64 Å². The lowest BCUT2D eigenvalue weighted by molar-refractivity contribution is 0.122. The highest BCUT2D eigenvalue weighted by Crippen LogP contribution is 2.33. The summed E-state index contributed by atoms with van der Waals surface area (Å²) in [6, 6.07) is 10.4. The molecule has 1 fully saturated rings. The van der Waals surface area contributed by atoms with Gasteiger partial charge in [0.05, 0.1) is 18.6 Å². The number of fused-ring (bicyclic) bond motifs is 3.